The predicted molar refractivity (Wildman–Crippen MR) is 30.1 cm³/mol. The zero-order chi connectivity index (χ0) is 7.49. The third-order valence-corrected chi connectivity index (χ3v) is 2.10. The highest BCUT2D eigenvalue weighted by Crippen LogP contribution is 1.88. The normalized spacial score (nSPS) is 12.2. The molecule has 4 nitrogen and oxygen atoms in total. The summed E-state index contributed by atoms with van der Waals surface area (Å²) in [6.45, 7) is 0. The maximum atomic E-state index is 11.5. The Morgan fingerprint density at radius 3 is 1.89 bits per heavy atom. The van der Waals surface area contributed by atoms with Crippen molar-refractivity contribution >= 4 is 20.9 Å². The van der Waals surface area contributed by atoms with E-state index < -0.39 is 32.4 Å². The third kappa shape index (κ3) is 7.83. The number of hydrogen-bond donors (Lipinski definition) is 1. The Kier molecular flexibility index (Phi) is 3.06. The van der Waals surface area contributed by atoms with Gasteiger partial charge in [-0.25, -0.2) is 8.42 Å². The van der Waals surface area contributed by atoms with Gasteiger partial charge in [-0.3, -0.25) is 0 Å². The van der Waals surface area contributed by atoms with Crippen molar-refractivity contribution in [3.05, 3.63) is 0 Å². The first-order chi connectivity index (χ1) is 3.92. The molecule has 0 rings (SSSR count). The lowest BCUT2D eigenvalue weighted by Crippen LogP contribution is -2.04. The fourth-order valence-corrected chi connectivity index (χ4v) is 1.65. The molecule has 0 N–H and O–H groups in total. The van der Waals surface area contributed by atoms with Crippen LogP contribution in [0.25, 0.3) is 0 Å². The number of halogens is 1. The monoisotopic (exact) mass is 176 g/mol. The Balaban J connectivity index is 3.81. The van der Waals surface area contributed by atoms with Crippen molar-refractivity contribution in [2.24, 2.45) is 0 Å². The summed E-state index contributed by atoms with van der Waals surface area (Å²) >= 11 is 0. The minimum Gasteiger partial charge on any atom is -0.232 e. The second-order valence-corrected chi connectivity index (χ2v) is 3.90. The van der Waals surface area contributed by atoms with Crippen LogP contribution in [0.2, 0.25) is 0 Å². The molecule has 0 radical (unpaired) electrons. The van der Waals surface area contributed by atoms with Crippen LogP contribution in [0.5, 0.6) is 0 Å². The highest BCUT2D eigenvalue weighted by Gasteiger charge is 2.05. The van der Waals surface area contributed by atoms with Crippen LogP contribution in [-0.2, 0) is 20.9 Å². The van der Waals surface area contributed by atoms with Gasteiger partial charge in [0.25, 0.3) is 0 Å². The second-order valence-electron chi connectivity index (χ2n) is 1.30. The summed E-state index contributed by atoms with van der Waals surface area (Å²) in [5, 5.41) is 0. The second kappa shape index (κ2) is 3.11. The smallest absolute Gasteiger partial charge is 0.232 e. The van der Waals surface area contributed by atoms with Crippen LogP contribution in [0.4, 0.5) is 3.89 Å². The van der Waals surface area contributed by atoms with Crippen molar-refractivity contribution in [1.82, 2.24) is 0 Å². The SMILES string of the molecule is O=[SH](=O)CCS(=O)(=O)F. The van der Waals surface area contributed by atoms with E-state index in [0.717, 1.165) is 0 Å². The summed E-state index contributed by atoms with van der Waals surface area (Å²) in [6.07, 6.45) is 0. The van der Waals surface area contributed by atoms with Crippen LogP contribution in [-0.4, -0.2) is 28.3 Å². The first kappa shape index (κ1) is 8.83. The zero-order valence-electron chi connectivity index (χ0n) is 4.28. The molecule has 9 heavy (non-hydrogen) atoms. The van der Waals surface area contributed by atoms with Gasteiger partial charge in [0, 0.05) is 0 Å². The Labute approximate surface area is 53.8 Å². The Morgan fingerprint density at radius 2 is 1.78 bits per heavy atom. The Morgan fingerprint density at radius 1 is 1.33 bits per heavy atom. The molecule has 0 unspecified atom stereocenters. The molecule has 0 bridgehead atoms. The van der Waals surface area contributed by atoms with Crippen molar-refractivity contribution in [3.8, 4) is 0 Å². The van der Waals surface area contributed by atoms with E-state index in [1.54, 1.807) is 0 Å². The maximum Gasteiger partial charge on any atom is 0.303 e. The van der Waals surface area contributed by atoms with Crippen LogP contribution in [0, 0.1) is 0 Å². The van der Waals surface area contributed by atoms with Gasteiger partial charge >= 0.3 is 10.2 Å². The van der Waals surface area contributed by atoms with E-state index in [-0.39, 0.29) is 0 Å². The van der Waals surface area contributed by atoms with E-state index in [0.29, 0.717) is 0 Å². The lowest BCUT2D eigenvalue weighted by molar-refractivity contribution is 0.552. The number of thiol groups is 1. The summed E-state index contributed by atoms with van der Waals surface area (Å²) < 4.78 is 50.0. The topological polar surface area (TPSA) is 68.3 Å². The van der Waals surface area contributed by atoms with Crippen LogP contribution < -0.4 is 0 Å². The average Bonchev–Trinajstić information content (AvgIpc) is 1.59. The van der Waals surface area contributed by atoms with E-state index in [9.17, 15) is 20.7 Å². The van der Waals surface area contributed by atoms with Crippen molar-refractivity contribution in [2.45, 2.75) is 0 Å². The molecular weight excluding hydrogens is 171 g/mol. The van der Waals surface area contributed by atoms with Crippen LogP contribution in [0.15, 0.2) is 0 Å². The lowest BCUT2D eigenvalue weighted by Gasteiger charge is -1.83. The van der Waals surface area contributed by atoms with Crippen LogP contribution in [0.3, 0.4) is 0 Å². The summed E-state index contributed by atoms with van der Waals surface area (Å²) in [6, 6.07) is 0. The standard InChI is InChI=1S/C2H5FO4S2/c3-9(6,7)2-1-8(4)5/h8H,1-2H2. The predicted octanol–water partition coefficient (Wildman–Crippen LogP) is -1.10. The Hall–Kier alpha value is -0.170. The van der Waals surface area contributed by atoms with Crippen molar-refractivity contribution in [3.63, 3.8) is 0 Å². The van der Waals surface area contributed by atoms with Gasteiger partial charge in [0.1, 0.15) is 10.7 Å². The molecule has 0 aromatic heterocycles. The first-order valence-electron chi connectivity index (χ1n) is 1.96. The van der Waals surface area contributed by atoms with Crippen molar-refractivity contribution < 1.29 is 20.7 Å². The average molecular weight is 176 g/mol. The molecule has 0 aromatic rings. The van der Waals surface area contributed by atoms with Gasteiger partial charge in [0.2, 0.25) is 0 Å². The molecule has 0 spiro atoms. The third-order valence-electron chi connectivity index (χ3n) is 0.518. The molecule has 0 aliphatic heterocycles. The molecule has 0 fully saturated rings. The van der Waals surface area contributed by atoms with Crippen LogP contribution in [0.1, 0.15) is 0 Å². The van der Waals surface area contributed by atoms with E-state index >= 15 is 0 Å². The minimum absolute atomic E-state index is 0.645. The number of rotatable bonds is 3. The maximum absolute atomic E-state index is 11.5. The quantitative estimate of drug-likeness (QED) is 0.437. The molecule has 0 atom stereocenters. The molecule has 0 heterocycles. The van der Waals surface area contributed by atoms with Gasteiger partial charge in [-0.2, -0.15) is 8.42 Å². The van der Waals surface area contributed by atoms with Crippen LogP contribution >= 0.6 is 0 Å². The van der Waals surface area contributed by atoms with Gasteiger partial charge in [-0.1, -0.05) is 0 Å². The molecule has 0 saturated carbocycles. The molecular formula is C2H5FO4S2. The molecule has 0 aliphatic carbocycles. The van der Waals surface area contributed by atoms with Crippen molar-refractivity contribution in [2.75, 3.05) is 11.5 Å². The molecule has 0 aliphatic rings. The van der Waals surface area contributed by atoms with Gasteiger partial charge < -0.3 is 0 Å². The van der Waals surface area contributed by atoms with Crippen molar-refractivity contribution in [1.29, 1.82) is 0 Å². The summed E-state index contributed by atoms with van der Waals surface area (Å²) in [5.41, 5.74) is 0. The number of hydrogen-bond acceptors (Lipinski definition) is 4. The Bertz CT molecular complexity index is 229. The summed E-state index contributed by atoms with van der Waals surface area (Å²) in [7, 11) is -7.39. The fraction of sp³-hybridized carbons (Fsp3) is 1.00. The van der Waals surface area contributed by atoms with E-state index in [4.69, 9.17) is 0 Å². The van der Waals surface area contributed by atoms with Gasteiger partial charge in [0.15, 0.2) is 0 Å². The lowest BCUT2D eigenvalue weighted by atomic mass is 11.0. The minimum atomic E-state index is -4.60. The zero-order valence-corrected chi connectivity index (χ0v) is 5.99. The van der Waals surface area contributed by atoms with Gasteiger partial charge in [-0.15, -0.1) is 3.89 Å². The van der Waals surface area contributed by atoms with E-state index in [1.165, 1.54) is 0 Å². The molecule has 0 saturated heterocycles. The fourth-order valence-electron chi connectivity index (χ4n) is 0.184. The van der Waals surface area contributed by atoms with Gasteiger partial charge in [-0.05, 0) is 0 Å². The summed E-state index contributed by atoms with van der Waals surface area (Å²) in [5.74, 6) is -1.58. The van der Waals surface area contributed by atoms with E-state index in [1.807, 2.05) is 0 Å². The highest BCUT2D eigenvalue weighted by atomic mass is 32.3. The highest BCUT2D eigenvalue weighted by molar-refractivity contribution is 7.87. The van der Waals surface area contributed by atoms with Gasteiger partial charge in [0.05, 0.1) is 11.5 Å². The first-order valence-corrected chi connectivity index (χ1v) is 4.87. The molecule has 56 valence electrons. The molecule has 0 aromatic carbocycles. The van der Waals surface area contributed by atoms with E-state index in [2.05, 4.69) is 0 Å². The summed E-state index contributed by atoms with van der Waals surface area (Å²) in [4.78, 5) is 0. The molecule has 0 amide bonds. The molecule has 7 heteroatoms. The largest absolute Gasteiger partial charge is 0.303 e.